The number of nitrogens with zero attached hydrogens (tertiary/aromatic N) is 1. The van der Waals surface area contributed by atoms with E-state index >= 15 is 0 Å². The minimum Gasteiger partial charge on any atom is -0.508 e. The van der Waals surface area contributed by atoms with Gasteiger partial charge in [-0.05, 0) is 35.4 Å². The van der Waals surface area contributed by atoms with Crippen molar-refractivity contribution < 1.29 is 19.4 Å². The number of carbonyl (C=O) groups is 1. The highest BCUT2D eigenvalue weighted by Gasteiger charge is 2.17. The van der Waals surface area contributed by atoms with E-state index in [1.54, 1.807) is 55.5 Å². The van der Waals surface area contributed by atoms with Crippen molar-refractivity contribution in [2.24, 2.45) is 0 Å². The number of hydrogen-bond acceptors (Lipinski definition) is 4. The van der Waals surface area contributed by atoms with E-state index < -0.39 is 0 Å². The molecule has 3 rings (SSSR count). The summed E-state index contributed by atoms with van der Waals surface area (Å²) in [7, 11) is 3.32. The van der Waals surface area contributed by atoms with Crippen LogP contribution in [0.25, 0.3) is 0 Å². The van der Waals surface area contributed by atoms with E-state index in [1.165, 1.54) is 0 Å². The van der Waals surface area contributed by atoms with Crippen molar-refractivity contribution in [2.45, 2.75) is 13.0 Å². The molecule has 5 heteroatoms. The lowest BCUT2D eigenvalue weighted by Crippen LogP contribution is -2.28. The summed E-state index contributed by atoms with van der Waals surface area (Å²) in [4.78, 5) is 14.3. The number of ether oxygens (including phenoxy) is 2. The van der Waals surface area contributed by atoms with Gasteiger partial charge in [-0.2, -0.15) is 0 Å². The van der Waals surface area contributed by atoms with Crippen molar-refractivity contribution >= 4 is 11.6 Å². The zero-order valence-electron chi connectivity index (χ0n) is 16.0. The van der Waals surface area contributed by atoms with Gasteiger partial charge in [-0.25, -0.2) is 0 Å². The number of likely N-dealkylation sites (N-methyl/N-ethyl adjacent to an activating group) is 1. The third kappa shape index (κ3) is 4.82. The lowest BCUT2D eigenvalue weighted by molar-refractivity contribution is -0.117. The van der Waals surface area contributed by atoms with E-state index in [-0.39, 0.29) is 18.1 Å². The maximum absolute atomic E-state index is 12.8. The van der Waals surface area contributed by atoms with Gasteiger partial charge >= 0.3 is 0 Å². The Balaban J connectivity index is 1.78. The number of carbonyl (C=O) groups excluding carboxylic acids is 1. The van der Waals surface area contributed by atoms with Crippen molar-refractivity contribution in [3.05, 3.63) is 83.9 Å². The van der Waals surface area contributed by atoms with Crippen LogP contribution in [0.15, 0.2) is 72.8 Å². The number of phenolic OH excluding ortho intramolecular Hbond substituents is 1. The molecule has 0 fully saturated rings. The zero-order chi connectivity index (χ0) is 19.9. The summed E-state index contributed by atoms with van der Waals surface area (Å²) in [5, 5.41) is 9.39. The lowest BCUT2D eigenvalue weighted by atomic mass is 10.1. The Hall–Kier alpha value is -3.47. The van der Waals surface area contributed by atoms with Gasteiger partial charge in [0.25, 0.3) is 0 Å². The highest BCUT2D eigenvalue weighted by atomic mass is 16.5. The average molecular weight is 377 g/mol. The van der Waals surface area contributed by atoms with Crippen LogP contribution in [-0.2, 0) is 17.8 Å². The third-order valence-electron chi connectivity index (χ3n) is 4.43. The van der Waals surface area contributed by atoms with Crippen molar-refractivity contribution in [1.82, 2.24) is 0 Å². The fourth-order valence-electron chi connectivity index (χ4n) is 2.79. The van der Waals surface area contributed by atoms with Crippen LogP contribution in [0.3, 0.4) is 0 Å². The zero-order valence-corrected chi connectivity index (χ0v) is 16.0. The Morgan fingerprint density at radius 1 is 0.964 bits per heavy atom. The summed E-state index contributed by atoms with van der Waals surface area (Å²) in [6.45, 7) is 0.390. The number of rotatable bonds is 7. The molecule has 3 aromatic carbocycles. The van der Waals surface area contributed by atoms with Gasteiger partial charge in [0.2, 0.25) is 5.91 Å². The molecule has 0 spiro atoms. The SMILES string of the molecule is COc1ccc(N(C)C(=O)Cc2ccc(O)cc2)c(OCc2ccccc2)c1. The molecule has 28 heavy (non-hydrogen) atoms. The lowest BCUT2D eigenvalue weighted by Gasteiger charge is -2.21. The van der Waals surface area contributed by atoms with Crippen LogP contribution >= 0.6 is 0 Å². The van der Waals surface area contributed by atoms with Crippen LogP contribution in [0, 0.1) is 0 Å². The van der Waals surface area contributed by atoms with E-state index in [0.717, 1.165) is 11.1 Å². The van der Waals surface area contributed by atoms with E-state index in [2.05, 4.69) is 0 Å². The van der Waals surface area contributed by atoms with Gasteiger partial charge < -0.3 is 19.5 Å². The van der Waals surface area contributed by atoms with Gasteiger partial charge in [0.1, 0.15) is 23.9 Å². The number of hydrogen-bond donors (Lipinski definition) is 1. The van der Waals surface area contributed by atoms with Crippen LogP contribution in [0.5, 0.6) is 17.2 Å². The number of benzene rings is 3. The van der Waals surface area contributed by atoms with Gasteiger partial charge in [0.15, 0.2) is 0 Å². The number of methoxy groups -OCH3 is 1. The molecular formula is C23H23NO4. The first kappa shape index (κ1) is 19.3. The summed E-state index contributed by atoms with van der Waals surface area (Å²) >= 11 is 0. The first-order valence-electron chi connectivity index (χ1n) is 8.96. The van der Waals surface area contributed by atoms with E-state index in [1.807, 2.05) is 36.4 Å². The summed E-state index contributed by atoms with van der Waals surface area (Å²) in [5.74, 6) is 1.33. The van der Waals surface area contributed by atoms with Crippen molar-refractivity contribution in [2.75, 3.05) is 19.1 Å². The number of anilines is 1. The van der Waals surface area contributed by atoms with Gasteiger partial charge in [0.05, 0.1) is 19.2 Å². The van der Waals surface area contributed by atoms with Gasteiger partial charge in [0, 0.05) is 13.1 Å². The van der Waals surface area contributed by atoms with E-state index in [4.69, 9.17) is 9.47 Å². The monoisotopic (exact) mass is 377 g/mol. The highest BCUT2D eigenvalue weighted by Crippen LogP contribution is 2.33. The smallest absolute Gasteiger partial charge is 0.231 e. The minimum absolute atomic E-state index is 0.0829. The van der Waals surface area contributed by atoms with Crippen molar-refractivity contribution in [3.8, 4) is 17.2 Å². The first-order chi connectivity index (χ1) is 13.6. The Morgan fingerprint density at radius 2 is 1.68 bits per heavy atom. The van der Waals surface area contributed by atoms with Crippen molar-refractivity contribution in [3.63, 3.8) is 0 Å². The molecule has 0 saturated carbocycles. The summed E-state index contributed by atoms with van der Waals surface area (Å²) in [5.41, 5.74) is 2.53. The molecule has 0 radical (unpaired) electrons. The van der Waals surface area contributed by atoms with Gasteiger partial charge in [-0.1, -0.05) is 42.5 Å². The minimum atomic E-state index is -0.0829. The van der Waals surface area contributed by atoms with Crippen LogP contribution in [0.4, 0.5) is 5.69 Å². The number of aromatic hydroxyl groups is 1. The second kappa shape index (κ2) is 8.95. The molecule has 0 aromatic heterocycles. The largest absolute Gasteiger partial charge is 0.508 e. The van der Waals surface area contributed by atoms with E-state index in [0.29, 0.717) is 23.8 Å². The van der Waals surface area contributed by atoms with Crippen LogP contribution in [0.2, 0.25) is 0 Å². The Kier molecular flexibility index (Phi) is 6.17. The standard InChI is InChI=1S/C23H23NO4/c1-24(23(26)14-17-8-10-19(25)11-9-17)21-13-12-20(27-2)15-22(21)28-16-18-6-4-3-5-7-18/h3-13,15,25H,14,16H2,1-2H3. The highest BCUT2D eigenvalue weighted by molar-refractivity contribution is 5.95. The molecule has 0 aliphatic rings. The molecule has 0 unspecified atom stereocenters. The Bertz CT molecular complexity index is 923. The number of phenols is 1. The second-order valence-electron chi connectivity index (χ2n) is 6.40. The molecule has 0 aliphatic heterocycles. The summed E-state index contributed by atoms with van der Waals surface area (Å²) < 4.78 is 11.3. The Labute approximate surface area is 164 Å². The third-order valence-corrected chi connectivity index (χ3v) is 4.43. The first-order valence-corrected chi connectivity index (χ1v) is 8.96. The predicted molar refractivity (Wildman–Crippen MR) is 109 cm³/mol. The molecule has 0 aliphatic carbocycles. The molecule has 5 nitrogen and oxygen atoms in total. The van der Waals surface area contributed by atoms with Crippen LogP contribution in [-0.4, -0.2) is 25.2 Å². The van der Waals surface area contributed by atoms with Crippen LogP contribution < -0.4 is 14.4 Å². The van der Waals surface area contributed by atoms with Gasteiger partial charge in [-0.3, -0.25) is 4.79 Å². The topological polar surface area (TPSA) is 59.0 Å². The fourth-order valence-corrected chi connectivity index (χ4v) is 2.79. The quantitative estimate of drug-likeness (QED) is 0.671. The maximum Gasteiger partial charge on any atom is 0.231 e. The van der Waals surface area contributed by atoms with Crippen molar-refractivity contribution in [1.29, 1.82) is 0 Å². The average Bonchev–Trinajstić information content (AvgIpc) is 2.74. The van der Waals surface area contributed by atoms with Crippen LogP contribution in [0.1, 0.15) is 11.1 Å². The van der Waals surface area contributed by atoms with Gasteiger partial charge in [-0.15, -0.1) is 0 Å². The molecule has 144 valence electrons. The molecule has 0 atom stereocenters. The molecule has 3 aromatic rings. The maximum atomic E-state index is 12.8. The predicted octanol–water partition coefficient (Wildman–Crippen LogP) is 4.19. The molecule has 1 N–H and O–H groups in total. The Morgan fingerprint density at radius 3 is 2.36 bits per heavy atom. The molecule has 0 heterocycles. The molecule has 0 bridgehead atoms. The normalized spacial score (nSPS) is 10.4. The summed E-state index contributed by atoms with van der Waals surface area (Å²) in [6.07, 6.45) is 0.223. The molecule has 1 amide bonds. The molecular weight excluding hydrogens is 354 g/mol. The van der Waals surface area contributed by atoms with E-state index in [9.17, 15) is 9.90 Å². The fraction of sp³-hybridized carbons (Fsp3) is 0.174. The number of amides is 1. The second-order valence-corrected chi connectivity index (χ2v) is 6.40. The summed E-state index contributed by atoms with van der Waals surface area (Å²) in [6, 6.07) is 21.9. The molecule has 0 saturated heterocycles.